The predicted molar refractivity (Wildman–Crippen MR) is 133 cm³/mol. The SMILES string of the molecule is Cc1ccc(NC(=O)CN2C(=O)N/C(=C/c3cc(I)c(OCC(=O)O)c(I)c3)C2=O)cc1. The molecular weight excluding hydrogens is 644 g/mol. The lowest BCUT2D eigenvalue weighted by molar-refractivity contribution is -0.139. The van der Waals surface area contributed by atoms with Gasteiger partial charge in [0.15, 0.2) is 6.61 Å². The zero-order valence-electron chi connectivity index (χ0n) is 16.6. The maximum absolute atomic E-state index is 12.7. The molecule has 32 heavy (non-hydrogen) atoms. The summed E-state index contributed by atoms with van der Waals surface area (Å²) in [6.45, 7) is 1.03. The Morgan fingerprint density at radius 3 is 2.38 bits per heavy atom. The number of imide groups is 1. The van der Waals surface area contributed by atoms with E-state index in [0.29, 0.717) is 24.1 Å². The third-order valence-corrected chi connectivity index (χ3v) is 5.87. The Balaban J connectivity index is 1.71. The number of hydrogen-bond acceptors (Lipinski definition) is 5. The van der Waals surface area contributed by atoms with Gasteiger partial charge < -0.3 is 20.5 Å². The number of anilines is 1. The topological polar surface area (TPSA) is 125 Å². The predicted octanol–water partition coefficient (Wildman–Crippen LogP) is 3.20. The molecule has 2 aromatic rings. The first-order valence-corrected chi connectivity index (χ1v) is 11.3. The molecule has 0 spiro atoms. The van der Waals surface area contributed by atoms with Crippen LogP contribution in [0.4, 0.5) is 10.5 Å². The van der Waals surface area contributed by atoms with E-state index in [1.54, 1.807) is 24.3 Å². The molecule has 9 nitrogen and oxygen atoms in total. The van der Waals surface area contributed by atoms with E-state index in [2.05, 4.69) is 10.6 Å². The summed E-state index contributed by atoms with van der Waals surface area (Å²) in [5.41, 5.74) is 2.25. The van der Waals surface area contributed by atoms with Gasteiger partial charge in [-0.15, -0.1) is 0 Å². The maximum Gasteiger partial charge on any atom is 0.341 e. The summed E-state index contributed by atoms with van der Waals surface area (Å²) in [6, 6.07) is 9.84. The molecule has 2 aromatic carbocycles. The summed E-state index contributed by atoms with van der Waals surface area (Å²) >= 11 is 4.00. The van der Waals surface area contributed by atoms with Gasteiger partial charge in [0.1, 0.15) is 18.0 Å². The van der Waals surface area contributed by atoms with Gasteiger partial charge >= 0.3 is 12.0 Å². The molecule has 0 atom stereocenters. The fourth-order valence-electron chi connectivity index (χ4n) is 2.80. The van der Waals surface area contributed by atoms with Gasteiger partial charge in [-0.05, 0) is 88.0 Å². The van der Waals surface area contributed by atoms with Gasteiger partial charge in [0.05, 0.1) is 7.14 Å². The van der Waals surface area contributed by atoms with E-state index in [0.717, 1.165) is 10.5 Å². The zero-order valence-corrected chi connectivity index (χ0v) is 21.0. The standard InChI is InChI=1S/C21H17I2N3O6/c1-11-2-4-13(5-3-11)24-17(27)9-26-20(30)16(25-21(26)31)8-12-6-14(22)19(15(23)7-12)32-10-18(28)29/h2-8H,9-10H2,1H3,(H,24,27)(H,25,31)(H,28,29)/b16-8+. The van der Waals surface area contributed by atoms with Crippen molar-refractivity contribution in [3.63, 3.8) is 0 Å². The Morgan fingerprint density at radius 1 is 1.16 bits per heavy atom. The van der Waals surface area contributed by atoms with Crippen molar-refractivity contribution in [1.29, 1.82) is 0 Å². The second-order valence-electron chi connectivity index (χ2n) is 6.79. The third kappa shape index (κ3) is 5.97. The summed E-state index contributed by atoms with van der Waals surface area (Å²) in [6.07, 6.45) is 1.49. The number of ether oxygens (including phenoxy) is 1. The van der Waals surface area contributed by atoms with Crippen LogP contribution in [0.5, 0.6) is 5.75 Å². The number of carboxylic acid groups (broad SMARTS) is 1. The second kappa shape index (κ2) is 10.3. The minimum absolute atomic E-state index is 0.0314. The van der Waals surface area contributed by atoms with Crippen LogP contribution in [0.25, 0.3) is 6.08 Å². The molecule has 0 radical (unpaired) electrons. The van der Waals surface area contributed by atoms with Crippen molar-refractivity contribution >= 4 is 80.8 Å². The van der Waals surface area contributed by atoms with Crippen molar-refractivity contribution in [2.45, 2.75) is 6.92 Å². The van der Waals surface area contributed by atoms with Gasteiger partial charge in [-0.1, -0.05) is 17.7 Å². The Labute approximate surface area is 210 Å². The second-order valence-corrected chi connectivity index (χ2v) is 9.11. The molecule has 0 bridgehead atoms. The smallest absolute Gasteiger partial charge is 0.341 e. The zero-order chi connectivity index (χ0) is 23.4. The first-order valence-electron chi connectivity index (χ1n) is 9.18. The minimum Gasteiger partial charge on any atom is -0.480 e. The van der Waals surface area contributed by atoms with Crippen LogP contribution < -0.4 is 15.4 Å². The monoisotopic (exact) mass is 661 g/mol. The molecule has 0 saturated carbocycles. The fraction of sp³-hybridized carbons (Fsp3) is 0.143. The highest BCUT2D eigenvalue weighted by Crippen LogP contribution is 2.30. The number of amides is 4. The molecular formula is C21H17I2N3O6. The Bertz CT molecular complexity index is 1110. The van der Waals surface area contributed by atoms with Crippen molar-refractivity contribution < 1.29 is 29.0 Å². The van der Waals surface area contributed by atoms with E-state index >= 15 is 0 Å². The third-order valence-electron chi connectivity index (χ3n) is 4.27. The van der Waals surface area contributed by atoms with Crippen LogP contribution in [-0.4, -0.2) is 47.0 Å². The molecule has 0 unspecified atom stereocenters. The number of aliphatic carboxylic acids is 1. The highest BCUT2D eigenvalue weighted by Gasteiger charge is 2.35. The molecule has 1 saturated heterocycles. The van der Waals surface area contributed by atoms with E-state index in [1.165, 1.54) is 6.08 Å². The molecule has 3 N–H and O–H groups in total. The summed E-state index contributed by atoms with van der Waals surface area (Å²) < 4.78 is 6.58. The molecule has 1 aliphatic rings. The fourth-order valence-corrected chi connectivity index (χ4v) is 4.93. The quantitative estimate of drug-likeness (QED) is 0.238. The number of urea groups is 1. The molecule has 4 amide bonds. The van der Waals surface area contributed by atoms with Crippen molar-refractivity contribution in [1.82, 2.24) is 10.2 Å². The van der Waals surface area contributed by atoms with Crippen LogP contribution in [0.15, 0.2) is 42.1 Å². The lowest BCUT2D eigenvalue weighted by Crippen LogP contribution is -2.38. The van der Waals surface area contributed by atoms with Gasteiger partial charge in [0, 0.05) is 5.69 Å². The Kier molecular flexibility index (Phi) is 7.71. The van der Waals surface area contributed by atoms with Crippen molar-refractivity contribution in [2.24, 2.45) is 0 Å². The number of halogens is 2. The first-order chi connectivity index (χ1) is 15.1. The highest BCUT2D eigenvalue weighted by atomic mass is 127. The van der Waals surface area contributed by atoms with Gasteiger partial charge in [-0.3, -0.25) is 9.59 Å². The van der Waals surface area contributed by atoms with Crippen LogP contribution in [0.3, 0.4) is 0 Å². The average molecular weight is 661 g/mol. The summed E-state index contributed by atoms with van der Waals surface area (Å²) in [7, 11) is 0. The van der Waals surface area contributed by atoms with Gasteiger partial charge in [0.2, 0.25) is 5.91 Å². The van der Waals surface area contributed by atoms with E-state index in [9.17, 15) is 19.2 Å². The number of aryl methyl sites for hydroxylation is 1. The molecule has 0 aromatic heterocycles. The Morgan fingerprint density at radius 2 is 1.78 bits per heavy atom. The summed E-state index contributed by atoms with van der Waals surface area (Å²) in [5.74, 6) is -1.78. The molecule has 0 aliphatic carbocycles. The molecule has 11 heteroatoms. The minimum atomic E-state index is -1.09. The van der Waals surface area contributed by atoms with Crippen molar-refractivity contribution in [2.75, 3.05) is 18.5 Å². The Hall–Kier alpha value is -2.68. The maximum atomic E-state index is 12.7. The number of hydrogen-bond donors (Lipinski definition) is 3. The van der Waals surface area contributed by atoms with E-state index in [-0.39, 0.29) is 5.70 Å². The van der Waals surface area contributed by atoms with Crippen LogP contribution in [0.2, 0.25) is 0 Å². The molecule has 1 heterocycles. The van der Waals surface area contributed by atoms with E-state index < -0.39 is 37.0 Å². The van der Waals surface area contributed by atoms with Crippen molar-refractivity contribution in [3.8, 4) is 5.75 Å². The van der Waals surface area contributed by atoms with Crippen molar-refractivity contribution in [3.05, 3.63) is 60.4 Å². The summed E-state index contributed by atoms with van der Waals surface area (Å²) in [4.78, 5) is 48.8. The van der Waals surface area contributed by atoms with Crippen LogP contribution >= 0.6 is 45.2 Å². The molecule has 1 fully saturated rings. The number of nitrogens with one attached hydrogen (secondary N) is 2. The molecule has 3 rings (SSSR count). The molecule has 166 valence electrons. The van der Waals surface area contributed by atoms with Crippen LogP contribution in [0, 0.1) is 14.1 Å². The number of carboxylic acids is 1. The highest BCUT2D eigenvalue weighted by molar-refractivity contribution is 14.1. The number of benzene rings is 2. The lowest BCUT2D eigenvalue weighted by Gasteiger charge is -2.12. The summed E-state index contributed by atoms with van der Waals surface area (Å²) in [5, 5.41) is 13.9. The van der Waals surface area contributed by atoms with Gasteiger partial charge in [0.25, 0.3) is 5.91 Å². The normalized spacial score (nSPS) is 14.5. The number of rotatable bonds is 7. The molecule has 1 aliphatic heterocycles. The van der Waals surface area contributed by atoms with Crippen LogP contribution in [-0.2, 0) is 14.4 Å². The lowest BCUT2D eigenvalue weighted by atomic mass is 10.2. The van der Waals surface area contributed by atoms with E-state index in [1.807, 2.05) is 64.2 Å². The number of carbonyl (C=O) groups is 4. The van der Waals surface area contributed by atoms with Gasteiger partial charge in [-0.2, -0.15) is 0 Å². The number of nitrogens with zero attached hydrogens (tertiary/aromatic N) is 1. The van der Waals surface area contributed by atoms with Crippen LogP contribution in [0.1, 0.15) is 11.1 Å². The number of carbonyl (C=O) groups excluding carboxylic acids is 3. The van der Waals surface area contributed by atoms with E-state index in [4.69, 9.17) is 9.84 Å². The average Bonchev–Trinajstić information content (AvgIpc) is 2.96. The first kappa shape index (κ1) is 24.0. The largest absolute Gasteiger partial charge is 0.480 e. The van der Waals surface area contributed by atoms with Gasteiger partial charge in [-0.25, -0.2) is 14.5 Å².